The molecule has 2 heterocycles. The van der Waals surface area contributed by atoms with Gasteiger partial charge in [0.1, 0.15) is 5.75 Å². The molecule has 0 saturated heterocycles. The molecule has 0 atom stereocenters. The molecule has 0 aliphatic rings. The van der Waals surface area contributed by atoms with Gasteiger partial charge in [0.15, 0.2) is 17.3 Å². The highest BCUT2D eigenvalue weighted by Gasteiger charge is 2.17. The molecule has 30 heavy (non-hydrogen) atoms. The Kier molecular flexibility index (Phi) is 5.48. The Morgan fingerprint density at radius 1 is 1.10 bits per heavy atom. The van der Waals surface area contributed by atoms with E-state index in [0.29, 0.717) is 45.3 Å². The number of hydrogen-bond acceptors (Lipinski definition) is 8. The average Bonchev–Trinajstić information content (AvgIpc) is 3.34. The maximum absolute atomic E-state index is 12.6. The van der Waals surface area contributed by atoms with Gasteiger partial charge in [0.2, 0.25) is 10.1 Å². The molecule has 0 bridgehead atoms. The number of hydrogen-bond donors (Lipinski definition) is 1. The largest absolute Gasteiger partial charge is 0.494 e. The number of carbonyl (C=O) groups is 1. The summed E-state index contributed by atoms with van der Waals surface area (Å²) in [6.45, 7) is 2.42. The molecule has 0 spiro atoms. The summed E-state index contributed by atoms with van der Waals surface area (Å²) in [6, 6.07) is 12.4. The van der Waals surface area contributed by atoms with Crippen molar-refractivity contribution in [1.29, 1.82) is 0 Å². The first-order valence-corrected chi connectivity index (χ1v) is 9.93. The number of carbonyl (C=O) groups excluding carboxylic acids is 1. The van der Waals surface area contributed by atoms with Crippen LogP contribution in [-0.2, 0) is 0 Å². The van der Waals surface area contributed by atoms with Crippen molar-refractivity contribution in [1.82, 2.24) is 19.8 Å². The molecule has 0 radical (unpaired) electrons. The molecule has 10 heteroatoms. The Morgan fingerprint density at radius 3 is 2.70 bits per heavy atom. The first-order chi connectivity index (χ1) is 14.6. The molecule has 0 aliphatic heterocycles. The summed E-state index contributed by atoms with van der Waals surface area (Å²) in [7, 11) is 3.14. The van der Waals surface area contributed by atoms with Crippen LogP contribution < -0.4 is 19.5 Å². The fourth-order valence-electron chi connectivity index (χ4n) is 2.89. The van der Waals surface area contributed by atoms with Crippen LogP contribution in [0.5, 0.6) is 17.2 Å². The molecule has 154 valence electrons. The maximum atomic E-state index is 12.6. The van der Waals surface area contributed by atoms with Crippen LogP contribution in [0.2, 0.25) is 0 Å². The van der Waals surface area contributed by atoms with Crippen molar-refractivity contribution in [2.45, 2.75) is 6.92 Å². The summed E-state index contributed by atoms with van der Waals surface area (Å²) in [5.41, 5.74) is 1.24. The number of methoxy groups -OCH3 is 2. The zero-order chi connectivity index (χ0) is 21.1. The van der Waals surface area contributed by atoms with Gasteiger partial charge < -0.3 is 14.2 Å². The number of nitrogens with one attached hydrogen (secondary N) is 1. The van der Waals surface area contributed by atoms with E-state index in [1.807, 2.05) is 13.0 Å². The standard InChI is InChI=1S/C20H19N5O4S/c1-4-29-14-7-5-6-13(10-14)18(26)21-19-24-25-17(22-23-20(25)30-19)12-8-9-15(27-2)16(11-12)28-3/h5-11H,4H2,1-3H3,(H,21,24,26). The Bertz CT molecular complexity index is 1200. The van der Waals surface area contributed by atoms with Gasteiger partial charge in [-0.2, -0.15) is 4.52 Å². The SMILES string of the molecule is CCOc1cccc(C(=O)Nc2nn3c(-c4ccc(OC)c(OC)c4)nnc3s2)c1. The lowest BCUT2D eigenvalue weighted by atomic mass is 10.2. The Morgan fingerprint density at radius 2 is 1.93 bits per heavy atom. The summed E-state index contributed by atoms with van der Waals surface area (Å²) < 4.78 is 17.7. The lowest BCUT2D eigenvalue weighted by molar-refractivity contribution is 0.102. The molecule has 1 N–H and O–H groups in total. The third-order valence-corrected chi connectivity index (χ3v) is 5.07. The van der Waals surface area contributed by atoms with Crippen molar-refractivity contribution < 1.29 is 19.0 Å². The summed E-state index contributed by atoms with van der Waals surface area (Å²) in [5, 5.41) is 16.0. The second kappa shape index (κ2) is 8.37. The van der Waals surface area contributed by atoms with Crippen molar-refractivity contribution >= 4 is 27.3 Å². The van der Waals surface area contributed by atoms with E-state index in [2.05, 4.69) is 20.6 Å². The minimum atomic E-state index is -0.283. The van der Waals surface area contributed by atoms with Crippen molar-refractivity contribution in [3.63, 3.8) is 0 Å². The van der Waals surface area contributed by atoms with Gasteiger partial charge in [0, 0.05) is 11.1 Å². The van der Waals surface area contributed by atoms with Crippen LogP contribution in [0.4, 0.5) is 5.13 Å². The smallest absolute Gasteiger partial charge is 0.257 e. The highest BCUT2D eigenvalue weighted by atomic mass is 32.1. The summed E-state index contributed by atoms with van der Waals surface area (Å²) in [6.07, 6.45) is 0. The number of aromatic nitrogens is 4. The third-order valence-electron chi connectivity index (χ3n) is 4.26. The molecular weight excluding hydrogens is 406 g/mol. The molecule has 0 saturated carbocycles. The van der Waals surface area contributed by atoms with Crippen molar-refractivity contribution in [3.8, 4) is 28.6 Å². The number of fused-ring (bicyclic) bond motifs is 1. The number of amides is 1. The predicted molar refractivity (Wildman–Crippen MR) is 113 cm³/mol. The first-order valence-electron chi connectivity index (χ1n) is 9.11. The van der Waals surface area contributed by atoms with Crippen LogP contribution in [0.3, 0.4) is 0 Å². The van der Waals surface area contributed by atoms with E-state index in [1.54, 1.807) is 55.1 Å². The lowest BCUT2D eigenvalue weighted by Crippen LogP contribution is -2.12. The predicted octanol–water partition coefficient (Wildman–Crippen LogP) is 3.52. The molecule has 0 unspecified atom stereocenters. The van der Waals surface area contributed by atoms with Gasteiger partial charge in [0.05, 0.1) is 20.8 Å². The minimum Gasteiger partial charge on any atom is -0.494 e. The Labute approximate surface area is 176 Å². The molecule has 2 aromatic heterocycles. The molecule has 0 aliphatic carbocycles. The number of rotatable bonds is 7. The highest BCUT2D eigenvalue weighted by Crippen LogP contribution is 2.32. The first kappa shape index (κ1) is 19.6. The molecule has 1 amide bonds. The second-order valence-electron chi connectivity index (χ2n) is 6.11. The molecule has 4 aromatic rings. The van der Waals surface area contributed by atoms with Crippen LogP contribution in [0.15, 0.2) is 42.5 Å². The average molecular weight is 425 g/mol. The van der Waals surface area contributed by atoms with Crippen molar-refractivity contribution in [2.24, 2.45) is 0 Å². The third kappa shape index (κ3) is 3.77. The van der Waals surface area contributed by atoms with E-state index < -0.39 is 0 Å². The zero-order valence-corrected chi connectivity index (χ0v) is 17.4. The van der Waals surface area contributed by atoms with E-state index in [4.69, 9.17) is 14.2 Å². The maximum Gasteiger partial charge on any atom is 0.257 e. The van der Waals surface area contributed by atoms with Gasteiger partial charge in [-0.1, -0.05) is 17.4 Å². The monoisotopic (exact) mass is 425 g/mol. The van der Waals surface area contributed by atoms with Crippen LogP contribution in [0.1, 0.15) is 17.3 Å². The number of ether oxygens (including phenoxy) is 3. The number of benzene rings is 2. The second-order valence-corrected chi connectivity index (χ2v) is 7.07. The molecule has 2 aromatic carbocycles. The van der Waals surface area contributed by atoms with Crippen LogP contribution in [-0.4, -0.2) is 46.5 Å². The van der Waals surface area contributed by atoms with E-state index in [9.17, 15) is 4.79 Å². The summed E-state index contributed by atoms with van der Waals surface area (Å²) in [5.74, 6) is 2.07. The van der Waals surface area contributed by atoms with Gasteiger partial charge in [-0.25, -0.2) is 0 Å². The van der Waals surface area contributed by atoms with Gasteiger partial charge in [-0.05, 0) is 43.3 Å². The van der Waals surface area contributed by atoms with E-state index in [-0.39, 0.29) is 5.91 Å². The van der Waals surface area contributed by atoms with Crippen LogP contribution in [0, 0.1) is 0 Å². The molecule has 4 rings (SSSR count). The van der Waals surface area contributed by atoms with Gasteiger partial charge in [-0.15, -0.1) is 15.3 Å². The highest BCUT2D eigenvalue weighted by molar-refractivity contribution is 7.20. The van der Waals surface area contributed by atoms with Gasteiger partial charge in [-0.3, -0.25) is 10.1 Å². The fourth-order valence-corrected chi connectivity index (χ4v) is 3.62. The quantitative estimate of drug-likeness (QED) is 0.483. The summed E-state index contributed by atoms with van der Waals surface area (Å²) >= 11 is 1.23. The molecule has 9 nitrogen and oxygen atoms in total. The van der Waals surface area contributed by atoms with E-state index in [1.165, 1.54) is 11.3 Å². The summed E-state index contributed by atoms with van der Waals surface area (Å²) in [4.78, 5) is 13.2. The van der Waals surface area contributed by atoms with Crippen molar-refractivity contribution in [2.75, 3.05) is 26.1 Å². The van der Waals surface area contributed by atoms with Crippen LogP contribution in [0.25, 0.3) is 16.3 Å². The number of anilines is 1. The van der Waals surface area contributed by atoms with E-state index >= 15 is 0 Å². The minimum absolute atomic E-state index is 0.283. The van der Waals surface area contributed by atoms with E-state index in [0.717, 1.165) is 5.56 Å². The topological polar surface area (TPSA) is 99.9 Å². The fraction of sp³-hybridized carbons (Fsp3) is 0.200. The van der Waals surface area contributed by atoms with Gasteiger partial charge >= 0.3 is 0 Å². The molecule has 0 fully saturated rings. The van der Waals surface area contributed by atoms with Crippen molar-refractivity contribution in [3.05, 3.63) is 48.0 Å². The Balaban J connectivity index is 1.60. The lowest BCUT2D eigenvalue weighted by Gasteiger charge is -2.08. The molecular formula is C20H19N5O4S. The van der Waals surface area contributed by atoms with Crippen LogP contribution >= 0.6 is 11.3 Å². The normalized spacial score (nSPS) is 10.8. The zero-order valence-electron chi connectivity index (χ0n) is 16.6. The Hall–Kier alpha value is -3.66. The number of nitrogens with zero attached hydrogens (tertiary/aromatic N) is 4. The van der Waals surface area contributed by atoms with Gasteiger partial charge in [0.25, 0.3) is 5.91 Å².